The maximum atomic E-state index is 13.6. The van der Waals surface area contributed by atoms with Crippen LogP contribution in [0.2, 0.25) is 0 Å². The van der Waals surface area contributed by atoms with Gasteiger partial charge in [-0.2, -0.15) is 0 Å². The number of carbonyl (C=O) groups excluding carboxylic acids is 2. The highest BCUT2D eigenvalue weighted by Crippen LogP contribution is 2.14. The largest absolute Gasteiger partial charge is 0.469 e. The van der Waals surface area contributed by atoms with Crippen LogP contribution in [0, 0.1) is 11.7 Å². The van der Waals surface area contributed by atoms with Crippen LogP contribution in [0.1, 0.15) is 17.3 Å². The number of halogens is 1. The molecule has 0 spiro atoms. The standard InChI is InChI=1S/C13H17FN2O3/c1-8(13(18)19-3)7-16(2)12(17)10-5-4-9(15)6-11(10)14/h4-6,8H,7,15H2,1-3H3. The van der Waals surface area contributed by atoms with E-state index >= 15 is 0 Å². The Morgan fingerprint density at radius 1 is 1.47 bits per heavy atom. The first kappa shape index (κ1) is 14.9. The van der Waals surface area contributed by atoms with Gasteiger partial charge in [-0.1, -0.05) is 6.92 Å². The minimum absolute atomic E-state index is 0.0752. The molecule has 0 radical (unpaired) electrons. The van der Waals surface area contributed by atoms with E-state index in [1.807, 2.05) is 0 Å². The van der Waals surface area contributed by atoms with Crippen LogP contribution < -0.4 is 5.73 Å². The third-order valence-electron chi connectivity index (χ3n) is 2.72. The van der Waals surface area contributed by atoms with E-state index < -0.39 is 23.6 Å². The van der Waals surface area contributed by atoms with Crippen molar-refractivity contribution in [2.75, 3.05) is 26.4 Å². The number of nitrogens with zero attached hydrogens (tertiary/aromatic N) is 1. The van der Waals surface area contributed by atoms with Crippen molar-refractivity contribution in [3.05, 3.63) is 29.6 Å². The Labute approximate surface area is 111 Å². The monoisotopic (exact) mass is 268 g/mol. The molecule has 6 heteroatoms. The molecule has 0 aliphatic rings. The number of carbonyl (C=O) groups is 2. The third kappa shape index (κ3) is 3.67. The van der Waals surface area contributed by atoms with E-state index in [1.165, 1.54) is 31.2 Å². The van der Waals surface area contributed by atoms with Gasteiger partial charge in [0.15, 0.2) is 0 Å². The zero-order chi connectivity index (χ0) is 14.6. The molecule has 1 rings (SSSR count). The molecule has 0 aromatic heterocycles. The molecule has 5 nitrogen and oxygen atoms in total. The molecule has 0 bridgehead atoms. The van der Waals surface area contributed by atoms with E-state index in [4.69, 9.17) is 5.73 Å². The first-order chi connectivity index (χ1) is 8.86. The van der Waals surface area contributed by atoms with Gasteiger partial charge in [0, 0.05) is 19.3 Å². The van der Waals surface area contributed by atoms with Crippen molar-refractivity contribution in [3.63, 3.8) is 0 Å². The van der Waals surface area contributed by atoms with E-state index in [9.17, 15) is 14.0 Å². The smallest absolute Gasteiger partial charge is 0.310 e. The van der Waals surface area contributed by atoms with Gasteiger partial charge in [0.05, 0.1) is 18.6 Å². The zero-order valence-electron chi connectivity index (χ0n) is 11.1. The number of benzene rings is 1. The van der Waals surface area contributed by atoms with E-state index in [-0.39, 0.29) is 17.8 Å². The van der Waals surface area contributed by atoms with Crippen LogP contribution >= 0.6 is 0 Å². The fraction of sp³-hybridized carbons (Fsp3) is 0.385. The zero-order valence-corrected chi connectivity index (χ0v) is 11.1. The number of ether oxygens (including phenoxy) is 1. The lowest BCUT2D eigenvalue weighted by Gasteiger charge is -2.20. The summed E-state index contributed by atoms with van der Waals surface area (Å²) in [5.74, 6) is -2.08. The van der Waals surface area contributed by atoms with Crippen molar-refractivity contribution in [1.29, 1.82) is 0 Å². The van der Waals surface area contributed by atoms with Crippen molar-refractivity contribution in [2.45, 2.75) is 6.92 Å². The maximum absolute atomic E-state index is 13.6. The SMILES string of the molecule is COC(=O)C(C)CN(C)C(=O)c1ccc(N)cc1F. The topological polar surface area (TPSA) is 72.6 Å². The van der Waals surface area contributed by atoms with Crippen LogP contribution in [0.5, 0.6) is 0 Å². The van der Waals surface area contributed by atoms with Crippen molar-refractivity contribution in [3.8, 4) is 0 Å². The van der Waals surface area contributed by atoms with Crippen molar-refractivity contribution in [1.82, 2.24) is 4.90 Å². The molecule has 0 fully saturated rings. The molecule has 0 heterocycles. The quantitative estimate of drug-likeness (QED) is 0.659. The van der Waals surface area contributed by atoms with Crippen molar-refractivity contribution < 1.29 is 18.7 Å². The number of amides is 1. The van der Waals surface area contributed by atoms with Gasteiger partial charge < -0.3 is 15.4 Å². The summed E-state index contributed by atoms with van der Waals surface area (Å²) in [4.78, 5) is 24.6. The average molecular weight is 268 g/mol. The van der Waals surface area contributed by atoms with Gasteiger partial charge in [-0.25, -0.2) is 4.39 Å². The summed E-state index contributed by atoms with van der Waals surface area (Å²) in [6.07, 6.45) is 0. The number of esters is 1. The van der Waals surface area contributed by atoms with Crippen LogP contribution in [0.25, 0.3) is 0 Å². The van der Waals surface area contributed by atoms with Gasteiger partial charge >= 0.3 is 5.97 Å². The predicted octanol–water partition coefficient (Wildman–Crippen LogP) is 1.29. The molecule has 19 heavy (non-hydrogen) atoms. The molecular formula is C13H17FN2O3. The molecule has 0 aliphatic heterocycles. The van der Waals surface area contributed by atoms with Crippen LogP contribution in [-0.2, 0) is 9.53 Å². The number of nitrogens with two attached hydrogens (primary N) is 1. The second kappa shape index (κ2) is 6.17. The fourth-order valence-corrected chi connectivity index (χ4v) is 1.68. The summed E-state index contributed by atoms with van der Waals surface area (Å²) >= 11 is 0. The van der Waals surface area contributed by atoms with Crippen LogP contribution in [0.4, 0.5) is 10.1 Å². The number of hydrogen-bond donors (Lipinski definition) is 1. The molecule has 2 N–H and O–H groups in total. The van der Waals surface area contributed by atoms with Gasteiger partial charge in [0.1, 0.15) is 5.82 Å². The Bertz CT molecular complexity index is 491. The number of methoxy groups -OCH3 is 1. The van der Waals surface area contributed by atoms with Gasteiger partial charge in [0.2, 0.25) is 0 Å². The summed E-state index contributed by atoms with van der Waals surface area (Å²) in [5.41, 5.74) is 5.59. The first-order valence-corrected chi connectivity index (χ1v) is 5.75. The number of anilines is 1. The van der Waals surface area contributed by atoms with E-state index in [1.54, 1.807) is 6.92 Å². The van der Waals surface area contributed by atoms with Crippen molar-refractivity contribution >= 4 is 17.6 Å². The summed E-state index contributed by atoms with van der Waals surface area (Å²) in [6.45, 7) is 1.78. The lowest BCUT2D eigenvalue weighted by molar-refractivity contribution is -0.145. The van der Waals surface area contributed by atoms with Gasteiger partial charge in [-0.05, 0) is 18.2 Å². The Morgan fingerprint density at radius 3 is 2.63 bits per heavy atom. The molecule has 0 saturated heterocycles. The fourth-order valence-electron chi connectivity index (χ4n) is 1.68. The Balaban J connectivity index is 2.79. The number of hydrogen-bond acceptors (Lipinski definition) is 4. The minimum Gasteiger partial charge on any atom is -0.469 e. The molecule has 0 saturated carbocycles. The van der Waals surface area contributed by atoms with Crippen molar-refractivity contribution in [2.24, 2.45) is 5.92 Å². The van der Waals surface area contributed by atoms with E-state index in [0.29, 0.717) is 0 Å². The van der Waals surface area contributed by atoms with E-state index in [2.05, 4.69) is 4.74 Å². The molecule has 1 atom stereocenters. The average Bonchev–Trinajstić information content (AvgIpc) is 2.36. The molecule has 0 aliphatic carbocycles. The number of nitrogen functional groups attached to an aromatic ring is 1. The van der Waals surface area contributed by atoms with E-state index in [0.717, 1.165) is 6.07 Å². The molecule has 1 aromatic carbocycles. The highest BCUT2D eigenvalue weighted by atomic mass is 19.1. The summed E-state index contributed by atoms with van der Waals surface area (Å²) < 4.78 is 18.2. The molecule has 104 valence electrons. The minimum atomic E-state index is -0.678. The van der Waals surface area contributed by atoms with Gasteiger partial charge in [-0.3, -0.25) is 9.59 Å². The summed E-state index contributed by atoms with van der Waals surface area (Å²) in [6, 6.07) is 3.87. The lowest BCUT2D eigenvalue weighted by atomic mass is 10.1. The highest BCUT2D eigenvalue weighted by molar-refractivity contribution is 5.94. The van der Waals surface area contributed by atoms with Crippen LogP contribution in [-0.4, -0.2) is 37.5 Å². The molecule has 1 aromatic rings. The predicted molar refractivity (Wildman–Crippen MR) is 69.0 cm³/mol. The normalized spacial score (nSPS) is 11.8. The van der Waals surface area contributed by atoms with Crippen LogP contribution in [0.15, 0.2) is 18.2 Å². The molecule has 1 amide bonds. The Morgan fingerprint density at radius 2 is 2.11 bits per heavy atom. The molecular weight excluding hydrogens is 251 g/mol. The number of rotatable bonds is 4. The lowest BCUT2D eigenvalue weighted by Crippen LogP contribution is -2.34. The first-order valence-electron chi connectivity index (χ1n) is 5.75. The van der Waals surface area contributed by atoms with Gasteiger partial charge in [0.25, 0.3) is 5.91 Å². The Hall–Kier alpha value is -2.11. The maximum Gasteiger partial charge on any atom is 0.310 e. The molecule has 1 unspecified atom stereocenters. The third-order valence-corrected chi connectivity index (χ3v) is 2.72. The van der Waals surface area contributed by atoms with Gasteiger partial charge in [-0.15, -0.1) is 0 Å². The summed E-state index contributed by atoms with van der Waals surface area (Å²) in [5, 5.41) is 0. The summed E-state index contributed by atoms with van der Waals surface area (Å²) in [7, 11) is 2.78. The van der Waals surface area contributed by atoms with Crippen LogP contribution in [0.3, 0.4) is 0 Å². The Kier molecular flexibility index (Phi) is 4.86. The second-order valence-electron chi connectivity index (χ2n) is 4.35. The second-order valence-corrected chi connectivity index (χ2v) is 4.35. The highest BCUT2D eigenvalue weighted by Gasteiger charge is 2.21.